The standard InChI is InChI=1S/C11H13ClN2O3/c1-2-17-11(15)13-10-6-7-5-8(12)3-4-9(7)14(10)16/h3-5,10,16H,2,6H2,1H3,(H,13,15). The molecule has 0 aromatic heterocycles. The fourth-order valence-electron chi connectivity index (χ4n) is 1.82. The zero-order valence-corrected chi connectivity index (χ0v) is 10.1. The number of anilines is 1. The van der Waals surface area contributed by atoms with E-state index in [1.54, 1.807) is 25.1 Å². The first-order valence-electron chi connectivity index (χ1n) is 5.31. The van der Waals surface area contributed by atoms with Gasteiger partial charge >= 0.3 is 6.09 Å². The van der Waals surface area contributed by atoms with Gasteiger partial charge in [0.2, 0.25) is 0 Å². The summed E-state index contributed by atoms with van der Waals surface area (Å²) in [6, 6.07) is 5.17. The van der Waals surface area contributed by atoms with Gasteiger partial charge in [-0.3, -0.25) is 10.5 Å². The highest BCUT2D eigenvalue weighted by molar-refractivity contribution is 6.30. The second-order valence-corrected chi connectivity index (χ2v) is 4.14. The summed E-state index contributed by atoms with van der Waals surface area (Å²) in [5, 5.41) is 14.1. The Morgan fingerprint density at radius 3 is 3.18 bits per heavy atom. The van der Waals surface area contributed by atoms with Crippen molar-refractivity contribution in [3.05, 3.63) is 28.8 Å². The van der Waals surface area contributed by atoms with Gasteiger partial charge < -0.3 is 4.74 Å². The Balaban J connectivity index is 2.09. The molecule has 2 N–H and O–H groups in total. The SMILES string of the molecule is CCOC(=O)NC1Cc2cc(Cl)ccc2N1O. The van der Waals surface area contributed by atoms with Gasteiger partial charge in [0.05, 0.1) is 12.3 Å². The molecule has 17 heavy (non-hydrogen) atoms. The Hall–Kier alpha value is -1.46. The number of amides is 1. The highest BCUT2D eigenvalue weighted by Gasteiger charge is 2.29. The van der Waals surface area contributed by atoms with Crippen LogP contribution in [0.1, 0.15) is 12.5 Å². The first-order chi connectivity index (χ1) is 8.11. The molecule has 1 aromatic carbocycles. The number of nitrogens with zero attached hydrogens (tertiary/aromatic N) is 1. The Morgan fingerprint density at radius 1 is 1.71 bits per heavy atom. The van der Waals surface area contributed by atoms with Gasteiger partial charge in [0.1, 0.15) is 6.17 Å². The molecule has 1 aliphatic heterocycles. The summed E-state index contributed by atoms with van der Waals surface area (Å²) in [6.07, 6.45) is -0.566. The number of ether oxygens (including phenoxy) is 1. The summed E-state index contributed by atoms with van der Waals surface area (Å²) < 4.78 is 4.76. The van der Waals surface area contributed by atoms with Crippen molar-refractivity contribution in [2.24, 2.45) is 0 Å². The largest absolute Gasteiger partial charge is 0.450 e. The van der Waals surface area contributed by atoms with Crippen LogP contribution in [0, 0.1) is 0 Å². The fraction of sp³-hybridized carbons (Fsp3) is 0.364. The van der Waals surface area contributed by atoms with Crippen LogP contribution >= 0.6 is 11.6 Å². The smallest absolute Gasteiger partial charge is 0.408 e. The molecule has 6 heteroatoms. The molecule has 1 atom stereocenters. The normalized spacial score (nSPS) is 17.8. The van der Waals surface area contributed by atoms with E-state index in [-0.39, 0.29) is 0 Å². The van der Waals surface area contributed by atoms with Crippen LogP contribution in [0.4, 0.5) is 10.5 Å². The van der Waals surface area contributed by atoms with Crippen LogP contribution in [0.2, 0.25) is 5.02 Å². The van der Waals surface area contributed by atoms with Gasteiger partial charge in [-0.25, -0.2) is 9.86 Å². The number of carbonyl (C=O) groups is 1. The highest BCUT2D eigenvalue weighted by Crippen LogP contribution is 2.31. The van der Waals surface area contributed by atoms with E-state index in [0.717, 1.165) is 10.6 Å². The van der Waals surface area contributed by atoms with E-state index >= 15 is 0 Å². The number of benzene rings is 1. The van der Waals surface area contributed by atoms with Gasteiger partial charge in [0.15, 0.2) is 0 Å². The predicted molar refractivity (Wildman–Crippen MR) is 63.4 cm³/mol. The van der Waals surface area contributed by atoms with Crippen molar-refractivity contribution in [2.45, 2.75) is 19.5 Å². The number of nitrogens with one attached hydrogen (secondary N) is 1. The maximum Gasteiger partial charge on any atom is 0.408 e. The minimum atomic E-state index is -0.546. The number of alkyl carbamates (subject to hydrolysis) is 1. The van der Waals surface area contributed by atoms with Crippen LogP contribution < -0.4 is 10.4 Å². The summed E-state index contributed by atoms with van der Waals surface area (Å²) in [5.74, 6) is 0. The van der Waals surface area contributed by atoms with E-state index in [4.69, 9.17) is 16.3 Å². The molecule has 1 aromatic rings. The quantitative estimate of drug-likeness (QED) is 0.851. The molecular formula is C11H13ClN2O3. The molecule has 0 aliphatic carbocycles. The number of halogens is 1. The van der Waals surface area contributed by atoms with Crippen LogP contribution in [-0.4, -0.2) is 24.1 Å². The third-order valence-corrected chi connectivity index (χ3v) is 2.79. The molecule has 92 valence electrons. The van der Waals surface area contributed by atoms with Gasteiger partial charge in [-0.05, 0) is 30.7 Å². The van der Waals surface area contributed by atoms with Crippen molar-refractivity contribution in [3.63, 3.8) is 0 Å². The molecule has 2 rings (SSSR count). The van der Waals surface area contributed by atoms with Gasteiger partial charge in [-0.1, -0.05) is 11.6 Å². The lowest BCUT2D eigenvalue weighted by Gasteiger charge is -2.20. The fourth-order valence-corrected chi connectivity index (χ4v) is 2.02. The summed E-state index contributed by atoms with van der Waals surface area (Å²) in [4.78, 5) is 11.3. The second-order valence-electron chi connectivity index (χ2n) is 3.70. The Kier molecular flexibility index (Phi) is 3.40. The molecule has 1 aliphatic rings. The van der Waals surface area contributed by atoms with Crippen molar-refractivity contribution in [2.75, 3.05) is 11.7 Å². The van der Waals surface area contributed by atoms with Gasteiger partial charge in [0.25, 0.3) is 0 Å². The van der Waals surface area contributed by atoms with Crippen LogP contribution in [0.25, 0.3) is 0 Å². The highest BCUT2D eigenvalue weighted by atomic mass is 35.5. The lowest BCUT2D eigenvalue weighted by molar-refractivity contribution is 0.136. The van der Waals surface area contributed by atoms with E-state index in [1.165, 1.54) is 0 Å². The van der Waals surface area contributed by atoms with Gasteiger partial charge in [-0.2, -0.15) is 0 Å². The van der Waals surface area contributed by atoms with E-state index in [0.29, 0.717) is 23.7 Å². The van der Waals surface area contributed by atoms with Crippen molar-refractivity contribution in [3.8, 4) is 0 Å². The van der Waals surface area contributed by atoms with Crippen LogP contribution in [0.15, 0.2) is 18.2 Å². The molecule has 0 saturated heterocycles. The summed E-state index contributed by atoms with van der Waals surface area (Å²) >= 11 is 5.86. The van der Waals surface area contributed by atoms with Crippen molar-refractivity contribution < 1.29 is 14.7 Å². The first kappa shape index (κ1) is 12.0. The van der Waals surface area contributed by atoms with Crippen molar-refractivity contribution in [1.29, 1.82) is 0 Å². The summed E-state index contributed by atoms with van der Waals surface area (Å²) in [7, 11) is 0. The molecule has 0 spiro atoms. The molecule has 0 saturated carbocycles. The van der Waals surface area contributed by atoms with Gasteiger partial charge in [-0.15, -0.1) is 0 Å². The summed E-state index contributed by atoms with van der Waals surface area (Å²) in [6.45, 7) is 2.02. The number of fused-ring (bicyclic) bond motifs is 1. The Labute approximate surface area is 104 Å². The molecule has 5 nitrogen and oxygen atoms in total. The number of rotatable bonds is 2. The second kappa shape index (κ2) is 4.81. The van der Waals surface area contributed by atoms with E-state index in [9.17, 15) is 10.0 Å². The molecule has 1 unspecified atom stereocenters. The Bertz CT molecular complexity index is 439. The zero-order valence-electron chi connectivity index (χ0n) is 9.31. The Morgan fingerprint density at radius 2 is 2.47 bits per heavy atom. The predicted octanol–water partition coefficient (Wildman–Crippen LogP) is 2.16. The molecule has 0 fully saturated rings. The average molecular weight is 257 g/mol. The van der Waals surface area contributed by atoms with E-state index < -0.39 is 12.3 Å². The third-order valence-electron chi connectivity index (χ3n) is 2.56. The number of hydrogen-bond donors (Lipinski definition) is 2. The lowest BCUT2D eigenvalue weighted by Crippen LogP contribution is -2.45. The molecule has 1 amide bonds. The first-order valence-corrected chi connectivity index (χ1v) is 5.69. The average Bonchev–Trinajstić information content (AvgIpc) is 2.55. The number of hydroxylamine groups is 1. The molecule has 1 heterocycles. The van der Waals surface area contributed by atoms with E-state index in [1.807, 2.05) is 0 Å². The minimum absolute atomic E-state index is 0.294. The van der Waals surface area contributed by atoms with E-state index in [2.05, 4.69) is 5.32 Å². The maximum absolute atomic E-state index is 11.3. The number of hydrogen-bond acceptors (Lipinski definition) is 4. The number of carbonyl (C=O) groups excluding carboxylic acids is 1. The molecular weight excluding hydrogens is 244 g/mol. The minimum Gasteiger partial charge on any atom is -0.450 e. The summed E-state index contributed by atoms with van der Waals surface area (Å²) in [5.41, 5.74) is 1.54. The zero-order chi connectivity index (χ0) is 12.4. The topological polar surface area (TPSA) is 61.8 Å². The lowest BCUT2D eigenvalue weighted by atomic mass is 10.1. The van der Waals surface area contributed by atoms with Crippen molar-refractivity contribution >= 4 is 23.4 Å². The van der Waals surface area contributed by atoms with Gasteiger partial charge in [0, 0.05) is 11.4 Å². The molecule has 0 bridgehead atoms. The maximum atomic E-state index is 11.3. The van der Waals surface area contributed by atoms with Crippen molar-refractivity contribution in [1.82, 2.24) is 5.32 Å². The van der Waals surface area contributed by atoms with Crippen LogP contribution in [0.5, 0.6) is 0 Å². The monoisotopic (exact) mass is 256 g/mol. The third kappa shape index (κ3) is 2.45. The van der Waals surface area contributed by atoms with Crippen LogP contribution in [0.3, 0.4) is 0 Å². The van der Waals surface area contributed by atoms with Crippen LogP contribution in [-0.2, 0) is 11.2 Å². The molecule has 0 radical (unpaired) electrons.